The molecule has 0 saturated heterocycles. The first-order chi connectivity index (χ1) is 9.19. The minimum Gasteiger partial charge on any atom is -0.352 e. The summed E-state index contributed by atoms with van der Waals surface area (Å²) in [5.74, 6) is 1.09. The maximum atomic E-state index is 12.0. The van der Waals surface area contributed by atoms with Crippen molar-refractivity contribution in [2.75, 3.05) is 13.1 Å². The molecule has 1 saturated carbocycles. The molecule has 0 bridgehead atoms. The van der Waals surface area contributed by atoms with Crippen molar-refractivity contribution < 1.29 is 18.0 Å². The van der Waals surface area contributed by atoms with Crippen LogP contribution in [0.1, 0.15) is 40.0 Å². The van der Waals surface area contributed by atoms with Gasteiger partial charge in [0.05, 0.1) is 13.1 Å². The number of carbonyl (C=O) groups excluding carboxylic acids is 1. The molecule has 1 rings (SSSR count). The Balaban J connectivity index is 2.41. The van der Waals surface area contributed by atoms with Gasteiger partial charge in [-0.05, 0) is 30.6 Å². The van der Waals surface area contributed by atoms with Gasteiger partial charge >= 0.3 is 6.18 Å². The summed E-state index contributed by atoms with van der Waals surface area (Å²) in [6.07, 6.45) is -1.14. The third-order valence-electron chi connectivity index (χ3n) is 3.98. The van der Waals surface area contributed by atoms with E-state index in [1.807, 2.05) is 0 Å². The Bertz CT molecular complexity index is 318. The molecule has 1 amide bonds. The van der Waals surface area contributed by atoms with Gasteiger partial charge in [0.1, 0.15) is 0 Å². The van der Waals surface area contributed by atoms with Crippen LogP contribution in [0.2, 0.25) is 0 Å². The van der Waals surface area contributed by atoms with E-state index >= 15 is 0 Å². The van der Waals surface area contributed by atoms with Crippen LogP contribution < -0.4 is 10.6 Å². The van der Waals surface area contributed by atoms with Crippen molar-refractivity contribution in [1.82, 2.24) is 10.6 Å². The van der Waals surface area contributed by atoms with Gasteiger partial charge in [0.2, 0.25) is 5.91 Å². The minimum absolute atomic E-state index is 0.0823. The standard InChI is InChI=1S/C14H25F3N2O/c1-9(2)11-5-4-10(3)6-12(11)19-13(20)7-18-8-14(15,16)17/h9-12,18H,4-8H2,1-3H3,(H,19,20). The number of halogens is 3. The van der Waals surface area contributed by atoms with Crippen molar-refractivity contribution >= 4 is 5.91 Å². The average molecular weight is 294 g/mol. The van der Waals surface area contributed by atoms with Crippen LogP contribution in [0.4, 0.5) is 13.2 Å². The number of carbonyl (C=O) groups is 1. The zero-order chi connectivity index (χ0) is 15.3. The first kappa shape index (κ1) is 17.3. The molecule has 1 aliphatic rings. The molecule has 0 aromatic heterocycles. The number of alkyl halides is 3. The van der Waals surface area contributed by atoms with Gasteiger partial charge in [0.25, 0.3) is 0 Å². The summed E-state index contributed by atoms with van der Waals surface area (Å²) in [5.41, 5.74) is 0. The molecule has 0 radical (unpaired) electrons. The summed E-state index contributed by atoms with van der Waals surface area (Å²) in [4.78, 5) is 11.7. The Kier molecular flexibility index (Phi) is 6.30. The number of amides is 1. The second-order valence-corrected chi connectivity index (χ2v) is 6.22. The molecule has 0 aromatic carbocycles. The molecule has 3 unspecified atom stereocenters. The molecule has 0 spiro atoms. The molecular weight excluding hydrogens is 269 g/mol. The Hall–Kier alpha value is -0.780. The molecule has 3 nitrogen and oxygen atoms in total. The van der Waals surface area contributed by atoms with Crippen molar-refractivity contribution in [3.8, 4) is 0 Å². The lowest BCUT2D eigenvalue weighted by Gasteiger charge is -2.37. The third-order valence-corrected chi connectivity index (χ3v) is 3.98. The quantitative estimate of drug-likeness (QED) is 0.818. The van der Waals surface area contributed by atoms with Crippen LogP contribution in [0.15, 0.2) is 0 Å². The Morgan fingerprint density at radius 2 is 1.95 bits per heavy atom. The number of nitrogens with one attached hydrogen (secondary N) is 2. The maximum Gasteiger partial charge on any atom is 0.401 e. The molecule has 118 valence electrons. The average Bonchev–Trinajstić information content (AvgIpc) is 2.26. The van der Waals surface area contributed by atoms with Gasteiger partial charge in [-0.3, -0.25) is 4.79 Å². The smallest absolute Gasteiger partial charge is 0.352 e. The number of hydrogen-bond acceptors (Lipinski definition) is 2. The van der Waals surface area contributed by atoms with Gasteiger partial charge in [-0.15, -0.1) is 0 Å². The third kappa shape index (κ3) is 6.11. The van der Waals surface area contributed by atoms with Crippen molar-refractivity contribution in [3.05, 3.63) is 0 Å². The van der Waals surface area contributed by atoms with Crippen molar-refractivity contribution in [1.29, 1.82) is 0 Å². The van der Waals surface area contributed by atoms with Crippen LogP contribution in [0, 0.1) is 17.8 Å². The van der Waals surface area contributed by atoms with E-state index in [0.717, 1.165) is 19.3 Å². The predicted molar refractivity (Wildman–Crippen MR) is 72.2 cm³/mol. The van der Waals surface area contributed by atoms with Gasteiger partial charge < -0.3 is 10.6 Å². The second kappa shape index (κ2) is 7.29. The topological polar surface area (TPSA) is 41.1 Å². The van der Waals surface area contributed by atoms with Crippen molar-refractivity contribution in [2.45, 2.75) is 52.3 Å². The highest BCUT2D eigenvalue weighted by Crippen LogP contribution is 2.33. The lowest BCUT2D eigenvalue weighted by Crippen LogP contribution is -2.48. The summed E-state index contributed by atoms with van der Waals surface area (Å²) in [6, 6.07) is 0.0823. The summed E-state index contributed by atoms with van der Waals surface area (Å²) >= 11 is 0. The van der Waals surface area contributed by atoms with E-state index in [1.54, 1.807) is 0 Å². The molecular formula is C14H25F3N2O. The van der Waals surface area contributed by atoms with Crippen molar-refractivity contribution in [3.63, 3.8) is 0 Å². The van der Waals surface area contributed by atoms with Crippen LogP contribution in [-0.2, 0) is 4.79 Å². The summed E-state index contributed by atoms with van der Waals surface area (Å²) in [5, 5.41) is 5.03. The predicted octanol–water partition coefficient (Wildman–Crippen LogP) is 2.72. The summed E-state index contributed by atoms with van der Waals surface area (Å²) in [7, 11) is 0. The van der Waals surface area contributed by atoms with E-state index in [4.69, 9.17) is 0 Å². The van der Waals surface area contributed by atoms with Crippen LogP contribution in [0.25, 0.3) is 0 Å². The number of hydrogen-bond donors (Lipinski definition) is 2. The molecule has 6 heteroatoms. The summed E-state index contributed by atoms with van der Waals surface area (Å²) < 4.78 is 36.0. The first-order valence-corrected chi connectivity index (χ1v) is 7.26. The maximum absolute atomic E-state index is 12.0. The monoisotopic (exact) mass is 294 g/mol. The lowest BCUT2D eigenvalue weighted by atomic mass is 9.74. The summed E-state index contributed by atoms with van der Waals surface area (Å²) in [6.45, 7) is 4.99. The molecule has 0 heterocycles. The highest BCUT2D eigenvalue weighted by molar-refractivity contribution is 5.78. The van der Waals surface area contributed by atoms with E-state index in [9.17, 15) is 18.0 Å². The Morgan fingerprint density at radius 3 is 2.50 bits per heavy atom. The molecule has 1 aliphatic carbocycles. The van der Waals surface area contributed by atoms with Crippen LogP contribution in [0.5, 0.6) is 0 Å². The SMILES string of the molecule is CC1CCC(C(C)C)C(NC(=O)CNCC(F)(F)F)C1. The number of rotatable bonds is 5. The van der Waals surface area contributed by atoms with E-state index in [0.29, 0.717) is 17.8 Å². The van der Waals surface area contributed by atoms with Crippen LogP contribution in [0.3, 0.4) is 0 Å². The highest BCUT2D eigenvalue weighted by Gasteiger charge is 2.32. The Labute approximate surface area is 118 Å². The molecule has 20 heavy (non-hydrogen) atoms. The second-order valence-electron chi connectivity index (χ2n) is 6.22. The fourth-order valence-electron chi connectivity index (χ4n) is 2.94. The van der Waals surface area contributed by atoms with Gasteiger partial charge in [-0.1, -0.05) is 27.2 Å². The zero-order valence-corrected chi connectivity index (χ0v) is 12.4. The fourth-order valence-corrected chi connectivity index (χ4v) is 2.94. The van der Waals surface area contributed by atoms with Crippen LogP contribution >= 0.6 is 0 Å². The lowest BCUT2D eigenvalue weighted by molar-refractivity contribution is -0.129. The van der Waals surface area contributed by atoms with E-state index in [-0.39, 0.29) is 18.5 Å². The largest absolute Gasteiger partial charge is 0.401 e. The Morgan fingerprint density at radius 1 is 1.30 bits per heavy atom. The van der Waals surface area contributed by atoms with Gasteiger partial charge in [-0.25, -0.2) is 0 Å². The molecule has 1 fully saturated rings. The first-order valence-electron chi connectivity index (χ1n) is 7.26. The molecule has 2 N–H and O–H groups in total. The van der Waals surface area contributed by atoms with E-state index < -0.39 is 12.7 Å². The van der Waals surface area contributed by atoms with Crippen LogP contribution in [-0.4, -0.2) is 31.2 Å². The van der Waals surface area contributed by atoms with E-state index in [2.05, 4.69) is 31.4 Å². The van der Waals surface area contributed by atoms with Gasteiger partial charge in [-0.2, -0.15) is 13.2 Å². The van der Waals surface area contributed by atoms with Gasteiger partial charge in [0.15, 0.2) is 0 Å². The molecule has 3 atom stereocenters. The van der Waals surface area contributed by atoms with Crippen molar-refractivity contribution in [2.24, 2.45) is 17.8 Å². The minimum atomic E-state index is -4.28. The fraction of sp³-hybridized carbons (Fsp3) is 0.929. The molecule has 0 aromatic rings. The highest BCUT2D eigenvalue weighted by atomic mass is 19.4. The van der Waals surface area contributed by atoms with E-state index in [1.165, 1.54) is 0 Å². The van der Waals surface area contributed by atoms with Gasteiger partial charge in [0, 0.05) is 6.04 Å². The normalized spacial score (nSPS) is 27.6. The molecule has 0 aliphatic heterocycles. The zero-order valence-electron chi connectivity index (χ0n) is 12.4.